The third-order valence-corrected chi connectivity index (χ3v) is 5.38. The van der Waals surface area contributed by atoms with Gasteiger partial charge in [-0.15, -0.1) is 0 Å². The van der Waals surface area contributed by atoms with Crippen LogP contribution in [0.4, 0.5) is 13.2 Å². The van der Waals surface area contributed by atoms with Crippen molar-refractivity contribution in [3.05, 3.63) is 35.4 Å². The topological polar surface area (TPSA) is 40.6 Å². The second-order valence-corrected chi connectivity index (χ2v) is 8.56. The molecule has 1 saturated heterocycles. The largest absolute Gasteiger partial charge is 0.416 e. The molecule has 0 amide bonds. The molecule has 1 aliphatic heterocycles. The van der Waals surface area contributed by atoms with Crippen molar-refractivity contribution in [2.75, 3.05) is 44.7 Å². The predicted octanol–water partition coefficient (Wildman–Crippen LogP) is 2.43. The molecule has 1 aromatic rings. The average Bonchev–Trinajstić information content (AvgIpc) is 2.51. The fraction of sp³-hybridized carbons (Fsp3) is 0.625. The maximum Gasteiger partial charge on any atom is 0.416 e. The summed E-state index contributed by atoms with van der Waals surface area (Å²) < 4.78 is 60.3. The predicted molar refractivity (Wildman–Crippen MR) is 87.6 cm³/mol. The zero-order valence-corrected chi connectivity index (χ0v) is 14.7. The highest BCUT2D eigenvalue weighted by Crippen LogP contribution is 2.30. The van der Waals surface area contributed by atoms with Crippen LogP contribution < -0.4 is 0 Å². The van der Waals surface area contributed by atoms with E-state index in [2.05, 4.69) is 9.80 Å². The van der Waals surface area contributed by atoms with E-state index in [1.54, 1.807) is 0 Å². The van der Waals surface area contributed by atoms with Crippen LogP contribution in [0, 0.1) is 0 Å². The average molecular weight is 364 g/mol. The van der Waals surface area contributed by atoms with Gasteiger partial charge in [0.2, 0.25) is 0 Å². The molecule has 0 unspecified atom stereocenters. The summed E-state index contributed by atoms with van der Waals surface area (Å²) in [6, 6.07) is 5.33. The number of sulfone groups is 1. The van der Waals surface area contributed by atoms with Gasteiger partial charge in [0.1, 0.15) is 9.84 Å². The van der Waals surface area contributed by atoms with E-state index in [-0.39, 0.29) is 11.8 Å². The minimum Gasteiger partial charge on any atom is -0.300 e. The van der Waals surface area contributed by atoms with Crippen LogP contribution in [0.2, 0.25) is 0 Å². The Morgan fingerprint density at radius 2 is 1.62 bits per heavy atom. The zero-order valence-electron chi connectivity index (χ0n) is 13.9. The Balaban J connectivity index is 1.89. The maximum absolute atomic E-state index is 12.6. The molecule has 24 heavy (non-hydrogen) atoms. The molecule has 0 spiro atoms. The van der Waals surface area contributed by atoms with Crippen LogP contribution in [-0.4, -0.2) is 63.0 Å². The quantitative estimate of drug-likeness (QED) is 0.805. The van der Waals surface area contributed by atoms with Crippen LogP contribution in [0.1, 0.15) is 24.1 Å². The summed E-state index contributed by atoms with van der Waals surface area (Å²) >= 11 is 0. The van der Waals surface area contributed by atoms with Crippen LogP contribution in [0.25, 0.3) is 0 Å². The van der Waals surface area contributed by atoms with Crippen LogP contribution in [0.15, 0.2) is 24.3 Å². The number of halogens is 3. The van der Waals surface area contributed by atoms with Crippen molar-refractivity contribution in [3.8, 4) is 0 Å². The van der Waals surface area contributed by atoms with Gasteiger partial charge in [0.25, 0.3) is 0 Å². The molecule has 1 fully saturated rings. The second-order valence-electron chi connectivity index (χ2n) is 6.30. The van der Waals surface area contributed by atoms with Crippen LogP contribution in [0.5, 0.6) is 0 Å². The summed E-state index contributed by atoms with van der Waals surface area (Å²) in [6.45, 7) is 5.58. The number of piperazine rings is 1. The molecule has 0 saturated carbocycles. The monoisotopic (exact) mass is 364 g/mol. The van der Waals surface area contributed by atoms with Gasteiger partial charge in [-0.3, -0.25) is 9.80 Å². The third kappa shape index (κ3) is 5.46. The molecule has 136 valence electrons. The Morgan fingerprint density at radius 1 is 1.08 bits per heavy atom. The lowest BCUT2D eigenvalue weighted by Gasteiger charge is -2.38. The molecule has 8 heteroatoms. The van der Waals surface area contributed by atoms with Gasteiger partial charge in [-0.2, -0.15) is 13.2 Å². The van der Waals surface area contributed by atoms with E-state index >= 15 is 0 Å². The van der Waals surface area contributed by atoms with E-state index in [0.717, 1.165) is 43.9 Å². The van der Waals surface area contributed by atoms with Gasteiger partial charge in [0.05, 0.1) is 11.3 Å². The van der Waals surface area contributed by atoms with E-state index in [4.69, 9.17) is 0 Å². The Labute approximate surface area is 141 Å². The van der Waals surface area contributed by atoms with Crippen molar-refractivity contribution >= 4 is 9.84 Å². The minimum absolute atomic E-state index is 0.0318. The highest BCUT2D eigenvalue weighted by Gasteiger charge is 2.30. The van der Waals surface area contributed by atoms with Gasteiger partial charge < -0.3 is 0 Å². The Bertz CT molecular complexity index is 636. The van der Waals surface area contributed by atoms with Crippen molar-refractivity contribution < 1.29 is 21.6 Å². The number of hydrogen-bond donors (Lipinski definition) is 0. The van der Waals surface area contributed by atoms with Gasteiger partial charge in [-0.05, 0) is 24.6 Å². The molecule has 1 aliphatic rings. The smallest absolute Gasteiger partial charge is 0.300 e. The molecule has 1 aromatic carbocycles. The zero-order chi connectivity index (χ0) is 18.0. The van der Waals surface area contributed by atoms with Gasteiger partial charge in [-0.25, -0.2) is 8.42 Å². The van der Waals surface area contributed by atoms with Gasteiger partial charge in [0, 0.05) is 45.0 Å². The first-order valence-corrected chi connectivity index (χ1v) is 9.93. The molecule has 2 rings (SSSR count). The number of alkyl halides is 3. The normalized spacial score (nSPS) is 19.4. The molecule has 0 aliphatic carbocycles. The Kier molecular flexibility index (Phi) is 5.93. The Hall–Kier alpha value is -1.12. The first-order valence-electron chi connectivity index (χ1n) is 7.87. The number of benzene rings is 1. The van der Waals surface area contributed by atoms with Gasteiger partial charge in [0.15, 0.2) is 0 Å². The standard InChI is InChI=1S/C16H23F3N2O2S/c1-13(14-3-5-15(6-4-14)16(17,18)19)21-9-7-20(8-10-21)11-12-24(2,22)23/h3-6,13H,7-12H2,1-2H3/t13-/m0/s1. The highest BCUT2D eigenvalue weighted by atomic mass is 32.2. The van der Waals surface area contributed by atoms with E-state index < -0.39 is 21.6 Å². The van der Waals surface area contributed by atoms with E-state index in [1.165, 1.54) is 18.4 Å². The van der Waals surface area contributed by atoms with Crippen molar-refractivity contribution in [1.29, 1.82) is 0 Å². The maximum atomic E-state index is 12.6. The molecule has 0 bridgehead atoms. The summed E-state index contributed by atoms with van der Waals surface area (Å²) in [5.41, 5.74) is 0.219. The van der Waals surface area contributed by atoms with E-state index in [0.29, 0.717) is 6.54 Å². The molecular formula is C16H23F3N2O2S. The van der Waals surface area contributed by atoms with Crippen molar-refractivity contribution in [1.82, 2.24) is 9.80 Å². The molecule has 1 heterocycles. The van der Waals surface area contributed by atoms with Crippen molar-refractivity contribution in [3.63, 3.8) is 0 Å². The summed E-state index contributed by atoms with van der Waals surface area (Å²) in [4.78, 5) is 4.32. The summed E-state index contributed by atoms with van der Waals surface area (Å²) in [5, 5.41) is 0. The number of hydrogen-bond acceptors (Lipinski definition) is 4. The first kappa shape index (κ1) is 19.2. The summed E-state index contributed by atoms with van der Waals surface area (Å²) in [7, 11) is -2.96. The molecule has 0 radical (unpaired) electrons. The van der Waals surface area contributed by atoms with Crippen LogP contribution >= 0.6 is 0 Å². The van der Waals surface area contributed by atoms with Gasteiger partial charge >= 0.3 is 6.18 Å². The van der Waals surface area contributed by atoms with Crippen LogP contribution in [-0.2, 0) is 16.0 Å². The van der Waals surface area contributed by atoms with E-state index in [1.807, 2.05) is 6.92 Å². The first-order chi connectivity index (χ1) is 11.1. The SMILES string of the molecule is C[C@@H](c1ccc(C(F)(F)F)cc1)N1CCN(CCS(C)(=O)=O)CC1. The summed E-state index contributed by atoms with van der Waals surface area (Å²) in [5.74, 6) is 0.154. The summed E-state index contributed by atoms with van der Waals surface area (Å²) in [6.07, 6.45) is -3.08. The lowest BCUT2D eigenvalue weighted by atomic mass is 10.0. The lowest BCUT2D eigenvalue weighted by Crippen LogP contribution is -2.48. The molecule has 1 atom stereocenters. The molecule has 0 N–H and O–H groups in total. The van der Waals surface area contributed by atoms with E-state index in [9.17, 15) is 21.6 Å². The number of rotatable bonds is 5. The van der Waals surface area contributed by atoms with Crippen molar-refractivity contribution in [2.24, 2.45) is 0 Å². The molecule has 0 aromatic heterocycles. The molecular weight excluding hydrogens is 341 g/mol. The minimum atomic E-state index is -4.31. The molecule has 4 nitrogen and oxygen atoms in total. The van der Waals surface area contributed by atoms with Crippen molar-refractivity contribution in [2.45, 2.75) is 19.1 Å². The fourth-order valence-electron chi connectivity index (χ4n) is 2.83. The Morgan fingerprint density at radius 3 is 2.08 bits per heavy atom. The lowest BCUT2D eigenvalue weighted by molar-refractivity contribution is -0.137. The highest BCUT2D eigenvalue weighted by molar-refractivity contribution is 7.90. The van der Waals surface area contributed by atoms with Crippen LogP contribution in [0.3, 0.4) is 0 Å². The third-order valence-electron chi connectivity index (χ3n) is 4.45. The fourth-order valence-corrected chi connectivity index (χ4v) is 3.42. The van der Waals surface area contributed by atoms with Gasteiger partial charge in [-0.1, -0.05) is 12.1 Å². The second kappa shape index (κ2) is 7.41. The number of nitrogens with zero attached hydrogens (tertiary/aromatic N) is 2.